The lowest BCUT2D eigenvalue weighted by Crippen LogP contribution is -2.29. The number of nitrogens with zero attached hydrogens (tertiary/aromatic N) is 2. The number of Topliss-reactive ketones (excluding diaryl/α,β-unsaturated/α-hetero) is 1. The third-order valence-electron chi connectivity index (χ3n) is 4.16. The molecule has 4 heteroatoms. The van der Waals surface area contributed by atoms with Gasteiger partial charge in [0.25, 0.3) is 0 Å². The molecule has 0 aliphatic rings. The average Bonchev–Trinajstić information content (AvgIpc) is 2.67. The summed E-state index contributed by atoms with van der Waals surface area (Å²) in [5.41, 5.74) is 1.46. The Kier molecular flexibility index (Phi) is 6.60. The first-order valence-corrected chi connectivity index (χ1v) is 8.20. The first-order chi connectivity index (χ1) is 12.6. The fourth-order valence-electron chi connectivity index (χ4n) is 2.84. The summed E-state index contributed by atoms with van der Waals surface area (Å²) in [5, 5.41) is 19.1. The molecule has 26 heavy (non-hydrogen) atoms. The van der Waals surface area contributed by atoms with Crippen LogP contribution in [0.25, 0.3) is 6.08 Å². The van der Waals surface area contributed by atoms with Crippen molar-refractivity contribution in [2.45, 2.75) is 12.8 Å². The zero-order valence-electron chi connectivity index (χ0n) is 14.4. The second kappa shape index (κ2) is 9.11. The van der Waals surface area contributed by atoms with Gasteiger partial charge in [0.1, 0.15) is 17.6 Å². The van der Waals surface area contributed by atoms with Crippen molar-refractivity contribution in [2.24, 2.45) is 11.8 Å². The Morgan fingerprint density at radius 2 is 1.42 bits per heavy atom. The highest BCUT2D eigenvalue weighted by atomic mass is 16.1. The van der Waals surface area contributed by atoms with Crippen molar-refractivity contribution in [2.75, 3.05) is 0 Å². The minimum absolute atomic E-state index is 0.360. The summed E-state index contributed by atoms with van der Waals surface area (Å²) in [7, 11) is 0. The first-order valence-electron chi connectivity index (χ1n) is 8.20. The molecule has 0 fully saturated rings. The molecule has 0 radical (unpaired) electrons. The van der Waals surface area contributed by atoms with Crippen LogP contribution >= 0.6 is 0 Å². The van der Waals surface area contributed by atoms with Crippen molar-refractivity contribution >= 4 is 17.6 Å². The molecule has 4 nitrogen and oxygen atoms in total. The van der Waals surface area contributed by atoms with E-state index in [-0.39, 0.29) is 5.78 Å². The molecule has 0 aliphatic heterocycles. The van der Waals surface area contributed by atoms with Gasteiger partial charge in [-0.2, -0.15) is 10.5 Å². The molecule has 0 N–H and O–H groups in total. The summed E-state index contributed by atoms with van der Waals surface area (Å²) in [6, 6.07) is 22.0. The van der Waals surface area contributed by atoms with Gasteiger partial charge in [-0.15, -0.1) is 0 Å². The molecule has 0 amide bonds. The van der Waals surface area contributed by atoms with Crippen molar-refractivity contribution in [3.63, 3.8) is 0 Å². The SMILES string of the molecule is CC(=O)C(C#N)C(c1ccccc1)C(C#N)C(=O)C=Cc1ccccc1. The van der Waals surface area contributed by atoms with Gasteiger partial charge in [-0.3, -0.25) is 9.59 Å². The number of rotatable bonds is 7. The van der Waals surface area contributed by atoms with Crippen molar-refractivity contribution in [3.8, 4) is 12.1 Å². The van der Waals surface area contributed by atoms with Crippen LogP contribution in [0.3, 0.4) is 0 Å². The van der Waals surface area contributed by atoms with E-state index in [4.69, 9.17) is 0 Å². The first kappa shape index (κ1) is 18.8. The molecule has 2 rings (SSSR count). The van der Waals surface area contributed by atoms with Gasteiger partial charge >= 0.3 is 0 Å². The van der Waals surface area contributed by atoms with Gasteiger partial charge in [0, 0.05) is 5.92 Å². The van der Waals surface area contributed by atoms with Crippen molar-refractivity contribution in [3.05, 3.63) is 77.9 Å². The molecule has 0 saturated carbocycles. The fraction of sp³-hybridized carbons (Fsp3) is 0.182. The minimum Gasteiger partial charge on any atom is -0.299 e. The maximum absolute atomic E-state index is 12.7. The smallest absolute Gasteiger partial charge is 0.173 e. The topological polar surface area (TPSA) is 81.7 Å². The molecule has 0 heterocycles. The normalized spacial score (nSPS) is 14.0. The number of hydrogen-bond acceptors (Lipinski definition) is 4. The van der Waals surface area contributed by atoms with Crippen LogP contribution in [0, 0.1) is 34.5 Å². The Morgan fingerprint density at radius 3 is 1.92 bits per heavy atom. The van der Waals surface area contributed by atoms with E-state index in [0.29, 0.717) is 5.56 Å². The lowest BCUT2D eigenvalue weighted by molar-refractivity contribution is -0.121. The van der Waals surface area contributed by atoms with Gasteiger partial charge < -0.3 is 0 Å². The van der Waals surface area contributed by atoms with Gasteiger partial charge in [0.15, 0.2) is 5.78 Å². The molecule has 3 atom stereocenters. The van der Waals surface area contributed by atoms with Gasteiger partial charge in [-0.1, -0.05) is 66.7 Å². The number of allylic oxidation sites excluding steroid dienone is 1. The molecule has 128 valence electrons. The third-order valence-corrected chi connectivity index (χ3v) is 4.16. The molecular formula is C22H18N2O2. The number of benzene rings is 2. The quantitative estimate of drug-likeness (QED) is 0.714. The lowest BCUT2D eigenvalue weighted by atomic mass is 9.74. The fourth-order valence-corrected chi connectivity index (χ4v) is 2.84. The van der Waals surface area contributed by atoms with Crippen LogP contribution in [0.2, 0.25) is 0 Å². The van der Waals surface area contributed by atoms with Crippen LogP contribution in [0.15, 0.2) is 66.7 Å². The maximum atomic E-state index is 12.7. The van der Waals surface area contributed by atoms with E-state index in [1.807, 2.05) is 42.5 Å². The molecule has 2 aromatic carbocycles. The summed E-state index contributed by atoms with van der Waals surface area (Å²) >= 11 is 0. The van der Waals surface area contributed by atoms with E-state index in [1.54, 1.807) is 36.4 Å². The van der Waals surface area contributed by atoms with Crippen LogP contribution in [0.4, 0.5) is 0 Å². The highest BCUT2D eigenvalue weighted by Crippen LogP contribution is 2.33. The Morgan fingerprint density at radius 1 is 0.885 bits per heavy atom. The molecule has 0 saturated heterocycles. The number of nitriles is 2. The molecule has 0 aliphatic carbocycles. The maximum Gasteiger partial charge on any atom is 0.173 e. The zero-order valence-corrected chi connectivity index (χ0v) is 14.4. The number of ketones is 2. The molecular weight excluding hydrogens is 324 g/mol. The largest absolute Gasteiger partial charge is 0.299 e. The third kappa shape index (κ3) is 4.53. The van der Waals surface area contributed by atoms with Gasteiger partial charge in [0.2, 0.25) is 0 Å². The Bertz CT molecular complexity index is 874. The monoisotopic (exact) mass is 342 g/mol. The average molecular weight is 342 g/mol. The predicted molar refractivity (Wildman–Crippen MR) is 98.6 cm³/mol. The summed E-state index contributed by atoms with van der Waals surface area (Å²) in [4.78, 5) is 24.6. The Labute approximate surface area is 153 Å². The molecule has 2 aromatic rings. The molecule has 0 aromatic heterocycles. The van der Waals surface area contributed by atoms with E-state index in [1.165, 1.54) is 13.0 Å². The number of carbonyl (C=O) groups excluding carboxylic acids is 2. The summed E-state index contributed by atoms with van der Waals surface area (Å²) in [6.45, 7) is 1.31. The summed E-state index contributed by atoms with van der Waals surface area (Å²) < 4.78 is 0. The minimum atomic E-state index is -1.12. The summed E-state index contributed by atoms with van der Waals surface area (Å²) in [6.07, 6.45) is 2.97. The van der Waals surface area contributed by atoms with Crippen LogP contribution in [0.1, 0.15) is 24.0 Å². The standard InChI is InChI=1S/C22H18N2O2/c1-16(25)19(14-23)22(18-10-6-3-7-11-18)20(15-24)21(26)13-12-17-8-4-2-5-9-17/h2-13,19-20,22H,1H3. The van der Waals surface area contributed by atoms with E-state index in [2.05, 4.69) is 0 Å². The molecule has 3 unspecified atom stereocenters. The van der Waals surface area contributed by atoms with Gasteiger partial charge in [-0.05, 0) is 24.1 Å². The van der Waals surface area contributed by atoms with E-state index >= 15 is 0 Å². The van der Waals surface area contributed by atoms with Crippen LogP contribution < -0.4 is 0 Å². The van der Waals surface area contributed by atoms with Crippen molar-refractivity contribution in [1.29, 1.82) is 10.5 Å². The second-order valence-electron chi connectivity index (χ2n) is 5.91. The molecule has 0 bridgehead atoms. The highest BCUT2D eigenvalue weighted by Gasteiger charge is 2.37. The predicted octanol–water partition coefficient (Wildman–Crippen LogP) is 3.92. The number of carbonyl (C=O) groups is 2. The summed E-state index contributed by atoms with van der Waals surface area (Å²) in [5.74, 6) is -3.77. The van der Waals surface area contributed by atoms with E-state index in [9.17, 15) is 20.1 Å². The van der Waals surface area contributed by atoms with Crippen LogP contribution in [-0.2, 0) is 9.59 Å². The number of hydrogen-bond donors (Lipinski definition) is 0. The Balaban J connectivity index is 2.39. The zero-order chi connectivity index (χ0) is 18.9. The van der Waals surface area contributed by atoms with Gasteiger partial charge in [-0.25, -0.2) is 0 Å². The van der Waals surface area contributed by atoms with Crippen molar-refractivity contribution < 1.29 is 9.59 Å². The van der Waals surface area contributed by atoms with Crippen LogP contribution in [-0.4, -0.2) is 11.6 Å². The lowest BCUT2D eigenvalue weighted by Gasteiger charge is -2.23. The Hall–Kier alpha value is -3.50. The van der Waals surface area contributed by atoms with E-state index < -0.39 is 23.5 Å². The van der Waals surface area contributed by atoms with Crippen LogP contribution in [0.5, 0.6) is 0 Å². The molecule has 0 spiro atoms. The van der Waals surface area contributed by atoms with Crippen molar-refractivity contribution in [1.82, 2.24) is 0 Å². The highest BCUT2D eigenvalue weighted by molar-refractivity contribution is 5.98. The second-order valence-corrected chi connectivity index (χ2v) is 5.91. The van der Waals surface area contributed by atoms with E-state index in [0.717, 1.165) is 5.56 Å². The van der Waals surface area contributed by atoms with Gasteiger partial charge in [0.05, 0.1) is 12.1 Å².